The van der Waals surface area contributed by atoms with Crippen LogP contribution in [0.2, 0.25) is 0 Å². The van der Waals surface area contributed by atoms with E-state index in [-0.39, 0.29) is 23.9 Å². The van der Waals surface area contributed by atoms with E-state index in [1.165, 1.54) is 0 Å². The Morgan fingerprint density at radius 3 is 2.63 bits per heavy atom. The van der Waals surface area contributed by atoms with Crippen molar-refractivity contribution < 1.29 is 9.59 Å². The van der Waals surface area contributed by atoms with Crippen LogP contribution in [0.3, 0.4) is 0 Å². The number of amides is 2. The first-order chi connectivity index (χ1) is 8.99. The van der Waals surface area contributed by atoms with Gasteiger partial charge in [-0.15, -0.1) is 0 Å². The molecule has 1 heterocycles. The van der Waals surface area contributed by atoms with Gasteiger partial charge in [0.05, 0.1) is 0 Å². The molecule has 0 spiro atoms. The first kappa shape index (κ1) is 16.3. The van der Waals surface area contributed by atoms with E-state index in [4.69, 9.17) is 0 Å². The molecule has 1 rings (SSSR count). The van der Waals surface area contributed by atoms with Gasteiger partial charge in [0.1, 0.15) is 6.04 Å². The molecular weight excluding hydrogens is 260 g/mol. The van der Waals surface area contributed by atoms with Crippen molar-refractivity contribution in [3.63, 3.8) is 0 Å². The van der Waals surface area contributed by atoms with Crippen molar-refractivity contribution >= 4 is 23.6 Å². The van der Waals surface area contributed by atoms with E-state index in [1.54, 1.807) is 11.8 Å². The molecule has 110 valence electrons. The van der Waals surface area contributed by atoms with Gasteiger partial charge < -0.3 is 10.2 Å². The molecule has 0 aromatic rings. The molecule has 2 unspecified atom stereocenters. The second kappa shape index (κ2) is 7.78. The number of carbonyl (C=O) groups excluding carboxylic acids is 2. The SMILES string of the molecule is CCC(CSC)N1CCC(=O)NC(CC(C)C)C1=O. The Hall–Kier alpha value is -0.710. The zero-order valence-corrected chi connectivity index (χ0v) is 13.3. The lowest BCUT2D eigenvalue weighted by atomic mass is 10.0. The second-order valence-electron chi connectivity index (χ2n) is 5.55. The topological polar surface area (TPSA) is 49.4 Å². The maximum absolute atomic E-state index is 12.6. The second-order valence-corrected chi connectivity index (χ2v) is 6.46. The molecule has 1 aliphatic rings. The molecule has 1 fully saturated rings. The Bertz CT molecular complexity index is 321. The van der Waals surface area contributed by atoms with Gasteiger partial charge in [0.2, 0.25) is 11.8 Å². The van der Waals surface area contributed by atoms with E-state index in [0.29, 0.717) is 18.9 Å². The van der Waals surface area contributed by atoms with Crippen LogP contribution in [-0.2, 0) is 9.59 Å². The van der Waals surface area contributed by atoms with Crippen LogP contribution >= 0.6 is 11.8 Å². The molecule has 1 N–H and O–H groups in total. The normalized spacial score (nSPS) is 22.4. The summed E-state index contributed by atoms with van der Waals surface area (Å²) in [5.74, 6) is 1.43. The number of hydrogen-bond donors (Lipinski definition) is 1. The van der Waals surface area contributed by atoms with Gasteiger partial charge in [0.25, 0.3) is 0 Å². The largest absolute Gasteiger partial charge is 0.344 e. The van der Waals surface area contributed by atoms with Crippen LogP contribution < -0.4 is 5.32 Å². The van der Waals surface area contributed by atoms with Crippen molar-refractivity contribution in [3.05, 3.63) is 0 Å². The maximum atomic E-state index is 12.6. The lowest BCUT2D eigenvalue weighted by Crippen LogP contribution is -2.49. The third-order valence-corrected chi connectivity index (χ3v) is 4.19. The predicted molar refractivity (Wildman–Crippen MR) is 80.2 cm³/mol. The van der Waals surface area contributed by atoms with Crippen LogP contribution in [0, 0.1) is 5.92 Å². The zero-order valence-electron chi connectivity index (χ0n) is 12.4. The molecule has 2 amide bonds. The maximum Gasteiger partial charge on any atom is 0.245 e. The van der Waals surface area contributed by atoms with E-state index in [1.807, 2.05) is 4.90 Å². The molecule has 0 saturated carbocycles. The lowest BCUT2D eigenvalue weighted by Gasteiger charge is -2.31. The summed E-state index contributed by atoms with van der Waals surface area (Å²) < 4.78 is 0. The Morgan fingerprint density at radius 2 is 2.11 bits per heavy atom. The Kier molecular flexibility index (Phi) is 6.69. The fraction of sp³-hybridized carbons (Fsp3) is 0.857. The quantitative estimate of drug-likeness (QED) is 0.811. The molecular formula is C14H26N2O2S. The molecule has 19 heavy (non-hydrogen) atoms. The fourth-order valence-corrected chi connectivity index (χ4v) is 3.28. The van der Waals surface area contributed by atoms with Crippen molar-refractivity contribution in [2.45, 2.75) is 52.1 Å². The van der Waals surface area contributed by atoms with Crippen molar-refractivity contribution in [2.75, 3.05) is 18.6 Å². The highest BCUT2D eigenvalue weighted by Crippen LogP contribution is 2.17. The van der Waals surface area contributed by atoms with Crippen LogP contribution in [0.25, 0.3) is 0 Å². The van der Waals surface area contributed by atoms with Crippen molar-refractivity contribution in [3.8, 4) is 0 Å². The molecule has 4 nitrogen and oxygen atoms in total. The van der Waals surface area contributed by atoms with E-state index in [9.17, 15) is 9.59 Å². The summed E-state index contributed by atoms with van der Waals surface area (Å²) >= 11 is 1.75. The van der Waals surface area contributed by atoms with Crippen LogP contribution in [0.15, 0.2) is 0 Å². The van der Waals surface area contributed by atoms with E-state index < -0.39 is 0 Å². The third-order valence-electron chi connectivity index (χ3n) is 3.47. The summed E-state index contributed by atoms with van der Waals surface area (Å²) in [7, 11) is 0. The molecule has 5 heteroatoms. The Morgan fingerprint density at radius 1 is 1.42 bits per heavy atom. The highest BCUT2D eigenvalue weighted by Gasteiger charge is 2.33. The molecule has 0 aromatic heterocycles. The molecule has 2 atom stereocenters. The summed E-state index contributed by atoms with van der Waals surface area (Å²) in [5, 5.41) is 2.87. The van der Waals surface area contributed by atoms with Crippen LogP contribution in [-0.4, -0.2) is 47.4 Å². The summed E-state index contributed by atoms with van der Waals surface area (Å²) in [6, 6.07) is -0.101. The first-order valence-electron chi connectivity index (χ1n) is 7.08. The number of nitrogens with zero attached hydrogens (tertiary/aromatic N) is 1. The summed E-state index contributed by atoms with van der Waals surface area (Å²) in [6.45, 7) is 6.81. The summed E-state index contributed by atoms with van der Waals surface area (Å²) in [4.78, 5) is 26.3. The number of thioether (sulfide) groups is 1. The van der Waals surface area contributed by atoms with Crippen molar-refractivity contribution in [2.24, 2.45) is 5.92 Å². The van der Waals surface area contributed by atoms with Gasteiger partial charge in [-0.05, 0) is 25.0 Å². The molecule has 0 radical (unpaired) electrons. The minimum Gasteiger partial charge on any atom is -0.344 e. The fourth-order valence-electron chi connectivity index (χ4n) is 2.47. The number of hydrogen-bond acceptors (Lipinski definition) is 3. The van der Waals surface area contributed by atoms with Gasteiger partial charge >= 0.3 is 0 Å². The number of nitrogens with one attached hydrogen (secondary N) is 1. The van der Waals surface area contributed by atoms with Gasteiger partial charge in [0.15, 0.2) is 0 Å². The molecule has 1 saturated heterocycles. The van der Waals surface area contributed by atoms with Gasteiger partial charge in [0, 0.05) is 24.8 Å². The summed E-state index contributed by atoms with van der Waals surface area (Å²) in [5.41, 5.74) is 0. The van der Waals surface area contributed by atoms with Crippen LogP contribution in [0.4, 0.5) is 0 Å². The number of carbonyl (C=O) groups is 2. The minimum atomic E-state index is -0.342. The van der Waals surface area contributed by atoms with E-state index >= 15 is 0 Å². The minimum absolute atomic E-state index is 0.000467. The summed E-state index contributed by atoms with van der Waals surface area (Å²) in [6.07, 6.45) is 4.14. The predicted octanol–water partition coefficient (Wildman–Crippen LogP) is 1.89. The highest BCUT2D eigenvalue weighted by molar-refractivity contribution is 7.98. The zero-order chi connectivity index (χ0) is 14.4. The van der Waals surface area contributed by atoms with E-state index in [0.717, 1.165) is 18.6 Å². The van der Waals surface area contributed by atoms with Gasteiger partial charge in [-0.2, -0.15) is 11.8 Å². The van der Waals surface area contributed by atoms with Gasteiger partial charge in [-0.1, -0.05) is 20.8 Å². The average molecular weight is 286 g/mol. The smallest absolute Gasteiger partial charge is 0.245 e. The highest BCUT2D eigenvalue weighted by atomic mass is 32.2. The molecule has 0 aliphatic carbocycles. The van der Waals surface area contributed by atoms with Crippen molar-refractivity contribution in [1.29, 1.82) is 0 Å². The Labute approximate surface area is 120 Å². The van der Waals surface area contributed by atoms with Crippen LogP contribution in [0.1, 0.15) is 40.0 Å². The van der Waals surface area contributed by atoms with Gasteiger partial charge in [-0.25, -0.2) is 0 Å². The number of rotatable bonds is 6. The third kappa shape index (κ3) is 4.71. The Balaban J connectivity index is 2.84. The molecule has 0 aromatic carbocycles. The van der Waals surface area contributed by atoms with Crippen LogP contribution in [0.5, 0.6) is 0 Å². The monoisotopic (exact) mass is 286 g/mol. The molecule has 0 bridgehead atoms. The van der Waals surface area contributed by atoms with Gasteiger partial charge in [-0.3, -0.25) is 9.59 Å². The first-order valence-corrected chi connectivity index (χ1v) is 8.47. The molecule has 1 aliphatic heterocycles. The lowest BCUT2D eigenvalue weighted by molar-refractivity contribution is -0.135. The standard InChI is InChI=1S/C14H26N2O2S/c1-5-11(9-19-4)16-7-6-13(17)15-12(14(16)18)8-10(2)3/h10-12H,5-9H2,1-4H3,(H,15,17). The van der Waals surface area contributed by atoms with E-state index in [2.05, 4.69) is 32.3 Å². The van der Waals surface area contributed by atoms with Crippen molar-refractivity contribution in [1.82, 2.24) is 10.2 Å². The average Bonchev–Trinajstić information content (AvgIpc) is 2.47.